The Hall–Kier alpha value is -3.81. The molecule has 0 fully saturated rings. The Bertz CT molecular complexity index is 1570. The molecular weight excluding hydrogens is 483 g/mol. The summed E-state index contributed by atoms with van der Waals surface area (Å²) in [6.07, 6.45) is 0. The number of hydrogen-bond acceptors (Lipinski definition) is 7. The molecule has 0 bridgehead atoms. The van der Waals surface area contributed by atoms with Crippen LogP contribution in [0.2, 0.25) is 10.0 Å². The van der Waals surface area contributed by atoms with Crippen molar-refractivity contribution in [3.63, 3.8) is 0 Å². The highest BCUT2D eigenvalue weighted by Gasteiger charge is 2.23. The fourth-order valence-corrected chi connectivity index (χ4v) is 3.97. The minimum absolute atomic E-state index is 0.0860. The maximum atomic E-state index is 12.2. The quantitative estimate of drug-likeness (QED) is 0.448. The highest BCUT2D eigenvalue weighted by Crippen LogP contribution is 2.39. The molecular formula is C22H18Cl2N6O4. The van der Waals surface area contributed by atoms with Gasteiger partial charge in [0, 0.05) is 11.6 Å². The second kappa shape index (κ2) is 8.52. The van der Waals surface area contributed by atoms with Gasteiger partial charge >= 0.3 is 5.69 Å². The number of nitriles is 1. The first-order chi connectivity index (χ1) is 16.0. The van der Waals surface area contributed by atoms with E-state index >= 15 is 0 Å². The smallest absolute Gasteiger partial charge is 0.349 e. The van der Waals surface area contributed by atoms with E-state index in [4.69, 9.17) is 37.9 Å². The van der Waals surface area contributed by atoms with Crippen LogP contribution in [-0.4, -0.2) is 31.4 Å². The molecule has 0 aliphatic rings. The lowest BCUT2D eigenvalue weighted by Crippen LogP contribution is -2.33. The molecule has 12 heteroatoms. The summed E-state index contributed by atoms with van der Waals surface area (Å²) in [6.45, 7) is 6.09. The summed E-state index contributed by atoms with van der Waals surface area (Å²) in [4.78, 5) is 30.3. The second-order valence-corrected chi connectivity index (χ2v) is 9.04. The largest absolute Gasteiger partial charge is 0.468 e. The van der Waals surface area contributed by atoms with Crippen LogP contribution in [0.25, 0.3) is 16.7 Å². The molecule has 10 nitrogen and oxygen atoms in total. The predicted octanol–water partition coefficient (Wildman–Crippen LogP) is 4.00. The number of H-pyrrole nitrogens is 1. The molecule has 2 aromatic heterocycles. The number of rotatable bonds is 4. The Balaban J connectivity index is 1.77. The van der Waals surface area contributed by atoms with Gasteiger partial charge in [-0.2, -0.15) is 14.9 Å². The van der Waals surface area contributed by atoms with Crippen molar-refractivity contribution in [3.8, 4) is 29.3 Å². The van der Waals surface area contributed by atoms with Gasteiger partial charge in [-0.3, -0.25) is 14.3 Å². The number of fused-ring (bicyclic) bond motifs is 1. The van der Waals surface area contributed by atoms with Crippen molar-refractivity contribution in [1.29, 1.82) is 5.26 Å². The zero-order chi connectivity index (χ0) is 24.8. The zero-order valence-electron chi connectivity index (χ0n) is 18.5. The highest BCUT2D eigenvalue weighted by molar-refractivity contribution is 6.37. The van der Waals surface area contributed by atoms with Crippen LogP contribution in [0.1, 0.15) is 26.5 Å². The summed E-state index contributed by atoms with van der Waals surface area (Å²) in [6, 6.07) is 10.2. The highest BCUT2D eigenvalue weighted by atomic mass is 35.5. The van der Waals surface area contributed by atoms with Crippen LogP contribution in [0.3, 0.4) is 0 Å². The third-order valence-electron chi connectivity index (χ3n) is 4.83. The molecule has 174 valence electrons. The van der Waals surface area contributed by atoms with E-state index in [1.807, 2.05) is 30.3 Å². The van der Waals surface area contributed by atoms with Gasteiger partial charge in [-0.15, -0.1) is 5.10 Å². The summed E-state index contributed by atoms with van der Waals surface area (Å²) >= 11 is 12.8. The van der Waals surface area contributed by atoms with Crippen LogP contribution in [0.4, 0.5) is 0 Å². The number of aromatic nitrogens is 5. The molecule has 0 atom stereocenters. The van der Waals surface area contributed by atoms with Crippen LogP contribution in [0.15, 0.2) is 39.9 Å². The molecule has 0 amide bonds. The van der Waals surface area contributed by atoms with Crippen molar-refractivity contribution >= 4 is 34.2 Å². The van der Waals surface area contributed by atoms with Gasteiger partial charge in [-0.1, -0.05) is 23.2 Å². The molecule has 1 N–H and O–H groups in total. The normalized spacial score (nSPS) is 11.4. The van der Waals surface area contributed by atoms with Gasteiger partial charge in [0.2, 0.25) is 5.69 Å². The molecule has 4 rings (SSSR count). The number of benzene rings is 2. The number of halogens is 2. The first kappa shape index (κ1) is 23.4. The number of methoxy groups -OCH3 is 1. The number of imidazole rings is 1. The van der Waals surface area contributed by atoms with Crippen LogP contribution < -0.4 is 20.7 Å². The second-order valence-electron chi connectivity index (χ2n) is 8.23. The van der Waals surface area contributed by atoms with Gasteiger partial charge in [0.1, 0.15) is 11.8 Å². The van der Waals surface area contributed by atoms with Crippen molar-refractivity contribution in [2.75, 3.05) is 7.11 Å². The lowest BCUT2D eigenvalue weighted by Gasteiger charge is -2.23. The van der Waals surface area contributed by atoms with Gasteiger partial charge in [-0.25, -0.2) is 4.79 Å². The van der Waals surface area contributed by atoms with Gasteiger partial charge in [0.25, 0.3) is 11.6 Å². The van der Waals surface area contributed by atoms with Crippen molar-refractivity contribution in [3.05, 3.63) is 66.9 Å². The molecule has 0 unspecified atom stereocenters. The Morgan fingerprint density at radius 2 is 1.79 bits per heavy atom. The maximum Gasteiger partial charge on any atom is 0.349 e. The summed E-state index contributed by atoms with van der Waals surface area (Å²) in [5, 5.41) is 13.0. The zero-order valence-corrected chi connectivity index (χ0v) is 20.0. The van der Waals surface area contributed by atoms with E-state index in [9.17, 15) is 9.59 Å². The molecule has 34 heavy (non-hydrogen) atoms. The molecule has 2 heterocycles. The number of aromatic amines is 1. The number of nitrogens with one attached hydrogen (secondary N) is 1. The Morgan fingerprint density at radius 3 is 2.38 bits per heavy atom. The van der Waals surface area contributed by atoms with Gasteiger partial charge in [-0.05, 0) is 45.0 Å². The molecule has 0 radical (unpaired) electrons. The van der Waals surface area contributed by atoms with Gasteiger partial charge in [0.05, 0.1) is 33.9 Å². The van der Waals surface area contributed by atoms with Gasteiger partial charge in [0.15, 0.2) is 5.75 Å². The SMILES string of the molecule is COc1nc2ccc(Oc3c(Cl)cc(-n4nc(C#N)c(=O)[nH]c4=O)cc3Cl)cc2n1C(C)(C)C. The van der Waals surface area contributed by atoms with Crippen molar-refractivity contribution in [1.82, 2.24) is 24.3 Å². The molecule has 0 aliphatic carbocycles. The summed E-state index contributed by atoms with van der Waals surface area (Å²) in [7, 11) is 1.56. The minimum atomic E-state index is -0.887. The molecule has 0 saturated heterocycles. The van der Waals surface area contributed by atoms with E-state index < -0.39 is 16.9 Å². The Labute approximate surface area is 202 Å². The maximum absolute atomic E-state index is 12.2. The third-order valence-corrected chi connectivity index (χ3v) is 5.39. The summed E-state index contributed by atoms with van der Waals surface area (Å²) in [5.74, 6) is 0.599. The number of hydrogen-bond donors (Lipinski definition) is 1. The third kappa shape index (κ3) is 4.11. The minimum Gasteiger partial charge on any atom is -0.468 e. The van der Waals surface area contributed by atoms with E-state index in [0.29, 0.717) is 11.8 Å². The molecule has 0 saturated carbocycles. The lowest BCUT2D eigenvalue weighted by molar-refractivity contribution is 0.304. The first-order valence-corrected chi connectivity index (χ1v) is 10.7. The van der Waals surface area contributed by atoms with E-state index in [2.05, 4.69) is 10.1 Å². The topological polar surface area (TPSA) is 128 Å². The molecule has 0 spiro atoms. The van der Waals surface area contributed by atoms with E-state index in [1.165, 1.54) is 12.1 Å². The summed E-state index contributed by atoms with van der Waals surface area (Å²) < 4.78 is 14.2. The fourth-order valence-electron chi connectivity index (χ4n) is 3.41. The van der Waals surface area contributed by atoms with E-state index in [0.717, 1.165) is 15.7 Å². The molecule has 2 aromatic carbocycles. The van der Waals surface area contributed by atoms with Crippen molar-refractivity contribution < 1.29 is 9.47 Å². The average molecular weight is 501 g/mol. The average Bonchev–Trinajstić information content (AvgIpc) is 3.14. The van der Waals surface area contributed by atoms with Crippen molar-refractivity contribution in [2.24, 2.45) is 0 Å². The Morgan fingerprint density at radius 1 is 1.12 bits per heavy atom. The molecule has 0 aliphatic heterocycles. The number of nitrogens with zero attached hydrogens (tertiary/aromatic N) is 5. The Kier molecular flexibility index (Phi) is 5.85. The first-order valence-electron chi connectivity index (χ1n) is 9.91. The summed E-state index contributed by atoms with van der Waals surface area (Å²) in [5.41, 5.74) is -0.865. The van der Waals surface area contributed by atoms with E-state index in [-0.39, 0.29) is 27.0 Å². The number of ether oxygens (including phenoxy) is 2. The van der Waals surface area contributed by atoms with E-state index in [1.54, 1.807) is 31.4 Å². The van der Waals surface area contributed by atoms with Gasteiger partial charge < -0.3 is 9.47 Å². The van der Waals surface area contributed by atoms with Crippen LogP contribution in [-0.2, 0) is 5.54 Å². The van der Waals surface area contributed by atoms with Crippen molar-refractivity contribution in [2.45, 2.75) is 26.3 Å². The monoisotopic (exact) mass is 500 g/mol. The predicted molar refractivity (Wildman–Crippen MR) is 127 cm³/mol. The van der Waals surface area contributed by atoms with Crippen LogP contribution >= 0.6 is 23.2 Å². The standard InChI is InChI=1S/C22H18Cl2N6O4/c1-22(2,3)29-17-9-12(5-6-15(17)26-21(29)33-4)34-18-13(23)7-11(8-14(18)24)30-20(32)27-19(31)16(10-25)28-30/h5-9H,1-4H3,(H,27,31,32). The fraction of sp³-hybridized carbons (Fsp3) is 0.227. The lowest BCUT2D eigenvalue weighted by atomic mass is 10.1. The molecule has 4 aromatic rings. The van der Waals surface area contributed by atoms with Crippen LogP contribution in [0, 0.1) is 11.3 Å². The van der Waals surface area contributed by atoms with Crippen LogP contribution in [0.5, 0.6) is 17.5 Å².